The van der Waals surface area contributed by atoms with Gasteiger partial charge in [-0.25, -0.2) is 9.18 Å². The fraction of sp³-hybridized carbons (Fsp3) is 0.235. The van der Waals surface area contributed by atoms with E-state index < -0.39 is 18.0 Å². The van der Waals surface area contributed by atoms with E-state index in [-0.39, 0.29) is 19.0 Å². The SMILES string of the molecule is CC(=O)NC[C@H]1CN(c2ccc(-c3ccc(C=O)s3)c(F)c2)C(=O)O1. The number of cyclic esters (lactones) is 1. The molecule has 2 aromatic rings. The molecule has 2 amide bonds. The summed E-state index contributed by atoms with van der Waals surface area (Å²) in [7, 11) is 0. The van der Waals surface area contributed by atoms with Gasteiger partial charge in [0, 0.05) is 17.4 Å². The van der Waals surface area contributed by atoms with Crippen molar-refractivity contribution in [3.63, 3.8) is 0 Å². The number of nitrogens with one attached hydrogen (secondary N) is 1. The first kappa shape index (κ1) is 17.1. The maximum Gasteiger partial charge on any atom is 0.414 e. The molecule has 2 heterocycles. The Kier molecular flexibility index (Phi) is 4.80. The van der Waals surface area contributed by atoms with Crippen molar-refractivity contribution < 1.29 is 23.5 Å². The molecule has 0 aliphatic carbocycles. The van der Waals surface area contributed by atoms with Crippen LogP contribution in [-0.4, -0.2) is 37.5 Å². The van der Waals surface area contributed by atoms with Crippen LogP contribution in [0.3, 0.4) is 0 Å². The highest BCUT2D eigenvalue weighted by Gasteiger charge is 2.32. The number of carbonyl (C=O) groups is 3. The lowest BCUT2D eigenvalue weighted by Crippen LogP contribution is -2.33. The second-order valence-electron chi connectivity index (χ2n) is 5.54. The molecular weight excluding hydrogens is 347 g/mol. The third-order valence-electron chi connectivity index (χ3n) is 3.73. The van der Waals surface area contributed by atoms with E-state index in [1.165, 1.54) is 29.2 Å². The predicted octanol–water partition coefficient (Wildman–Crippen LogP) is 2.83. The van der Waals surface area contributed by atoms with Crippen molar-refractivity contribution in [3.8, 4) is 10.4 Å². The molecule has 0 radical (unpaired) electrons. The molecule has 3 rings (SSSR count). The van der Waals surface area contributed by atoms with Crippen molar-refractivity contribution in [2.75, 3.05) is 18.0 Å². The van der Waals surface area contributed by atoms with Crippen LogP contribution in [0.5, 0.6) is 0 Å². The van der Waals surface area contributed by atoms with Gasteiger partial charge in [-0.3, -0.25) is 14.5 Å². The minimum Gasteiger partial charge on any atom is -0.442 e. The van der Waals surface area contributed by atoms with Gasteiger partial charge in [0.15, 0.2) is 6.29 Å². The molecular formula is C17H15FN2O4S. The number of nitrogens with zero attached hydrogens (tertiary/aromatic N) is 1. The highest BCUT2D eigenvalue weighted by molar-refractivity contribution is 7.17. The molecule has 0 saturated carbocycles. The number of thiophene rings is 1. The lowest BCUT2D eigenvalue weighted by Gasteiger charge is -2.14. The zero-order valence-corrected chi connectivity index (χ0v) is 14.1. The van der Waals surface area contributed by atoms with Gasteiger partial charge in [0.05, 0.1) is 23.7 Å². The molecule has 130 valence electrons. The van der Waals surface area contributed by atoms with Crippen molar-refractivity contribution in [1.82, 2.24) is 5.32 Å². The largest absolute Gasteiger partial charge is 0.442 e. The van der Waals surface area contributed by atoms with Crippen LogP contribution >= 0.6 is 11.3 Å². The maximum absolute atomic E-state index is 14.5. The number of anilines is 1. The van der Waals surface area contributed by atoms with Crippen LogP contribution in [0.25, 0.3) is 10.4 Å². The molecule has 0 bridgehead atoms. The number of hydrogen-bond donors (Lipinski definition) is 1. The van der Waals surface area contributed by atoms with Crippen LogP contribution in [0.15, 0.2) is 30.3 Å². The zero-order valence-electron chi connectivity index (χ0n) is 13.3. The summed E-state index contributed by atoms with van der Waals surface area (Å²) in [5, 5.41) is 2.59. The number of amides is 2. The monoisotopic (exact) mass is 362 g/mol. The highest BCUT2D eigenvalue weighted by atomic mass is 32.1. The summed E-state index contributed by atoms with van der Waals surface area (Å²) >= 11 is 1.19. The van der Waals surface area contributed by atoms with Gasteiger partial charge in [0.2, 0.25) is 5.91 Å². The Morgan fingerprint density at radius 2 is 2.24 bits per heavy atom. The number of ether oxygens (including phenoxy) is 1. The predicted molar refractivity (Wildman–Crippen MR) is 91.4 cm³/mol. The fourth-order valence-electron chi connectivity index (χ4n) is 2.53. The summed E-state index contributed by atoms with van der Waals surface area (Å²) in [4.78, 5) is 36.1. The van der Waals surface area contributed by atoms with Gasteiger partial charge < -0.3 is 10.1 Å². The van der Waals surface area contributed by atoms with Gasteiger partial charge in [-0.05, 0) is 30.3 Å². The third kappa shape index (κ3) is 3.69. The van der Waals surface area contributed by atoms with Crippen LogP contribution in [0.2, 0.25) is 0 Å². The number of aldehydes is 1. The molecule has 1 aliphatic heterocycles. The van der Waals surface area contributed by atoms with E-state index in [2.05, 4.69) is 5.32 Å². The van der Waals surface area contributed by atoms with Gasteiger partial charge >= 0.3 is 6.09 Å². The number of halogens is 1. The smallest absolute Gasteiger partial charge is 0.414 e. The second-order valence-corrected chi connectivity index (χ2v) is 6.65. The molecule has 1 atom stereocenters. The summed E-state index contributed by atoms with van der Waals surface area (Å²) in [6.07, 6.45) is -0.343. The summed E-state index contributed by atoms with van der Waals surface area (Å²) in [5.74, 6) is -0.703. The summed E-state index contributed by atoms with van der Waals surface area (Å²) in [5.41, 5.74) is 0.743. The second kappa shape index (κ2) is 7.02. The van der Waals surface area contributed by atoms with Gasteiger partial charge in [0.25, 0.3) is 0 Å². The van der Waals surface area contributed by atoms with E-state index >= 15 is 0 Å². The fourth-order valence-corrected chi connectivity index (χ4v) is 3.38. The molecule has 1 aliphatic rings. The Morgan fingerprint density at radius 3 is 2.88 bits per heavy atom. The molecule has 1 saturated heterocycles. The molecule has 1 aromatic heterocycles. The summed E-state index contributed by atoms with van der Waals surface area (Å²) < 4.78 is 19.6. The van der Waals surface area contributed by atoms with E-state index in [9.17, 15) is 18.8 Å². The maximum atomic E-state index is 14.5. The Morgan fingerprint density at radius 1 is 1.44 bits per heavy atom. The van der Waals surface area contributed by atoms with Crippen LogP contribution in [0, 0.1) is 5.82 Å². The van der Waals surface area contributed by atoms with Gasteiger partial charge in [-0.1, -0.05) is 0 Å². The molecule has 6 nitrogen and oxygen atoms in total. The quantitative estimate of drug-likeness (QED) is 0.830. The van der Waals surface area contributed by atoms with E-state index in [1.54, 1.807) is 24.3 Å². The number of rotatable bonds is 5. The molecule has 1 fully saturated rings. The molecule has 1 aromatic carbocycles. The topological polar surface area (TPSA) is 75.7 Å². The van der Waals surface area contributed by atoms with Gasteiger partial charge in [0.1, 0.15) is 11.9 Å². The minimum absolute atomic E-state index is 0.210. The Hall–Kier alpha value is -2.74. The Balaban J connectivity index is 1.77. The van der Waals surface area contributed by atoms with Crippen molar-refractivity contribution in [2.24, 2.45) is 0 Å². The normalized spacial score (nSPS) is 16.6. The first-order valence-corrected chi connectivity index (χ1v) is 8.37. The first-order valence-electron chi connectivity index (χ1n) is 7.55. The molecule has 0 unspecified atom stereocenters. The number of benzene rings is 1. The zero-order chi connectivity index (χ0) is 18.0. The van der Waals surface area contributed by atoms with Crippen molar-refractivity contribution in [3.05, 3.63) is 41.0 Å². The molecule has 1 N–H and O–H groups in total. The lowest BCUT2D eigenvalue weighted by atomic mass is 10.1. The first-order chi connectivity index (χ1) is 12.0. The standard InChI is InChI=1S/C17H15FN2O4S/c1-10(22)19-7-12-8-20(17(23)24-12)11-2-4-14(15(18)6-11)16-5-3-13(9-21)25-16/h2-6,9,12H,7-8H2,1H3,(H,19,22)/t12-/m0/s1. The average Bonchev–Trinajstić information content (AvgIpc) is 3.19. The van der Waals surface area contributed by atoms with Gasteiger partial charge in [-0.15, -0.1) is 11.3 Å². The van der Waals surface area contributed by atoms with E-state index in [0.717, 1.165) is 6.29 Å². The third-order valence-corrected chi connectivity index (χ3v) is 4.77. The minimum atomic E-state index is -0.582. The number of hydrogen-bond acceptors (Lipinski definition) is 5. The van der Waals surface area contributed by atoms with Crippen LogP contribution < -0.4 is 10.2 Å². The van der Waals surface area contributed by atoms with E-state index in [1.807, 2.05) is 0 Å². The highest BCUT2D eigenvalue weighted by Crippen LogP contribution is 2.32. The Labute approximate surface area is 147 Å². The van der Waals surface area contributed by atoms with E-state index in [4.69, 9.17) is 4.74 Å². The molecule has 8 heteroatoms. The van der Waals surface area contributed by atoms with Crippen molar-refractivity contribution in [1.29, 1.82) is 0 Å². The van der Waals surface area contributed by atoms with Crippen molar-refractivity contribution in [2.45, 2.75) is 13.0 Å². The average molecular weight is 362 g/mol. The lowest BCUT2D eigenvalue weighted by molar-refractivity contribution is -0.119. The van der Waals surface area contributed by atoms with Crippen LogP contribution in [0.1, 0.15) is 16.6 Å². The molecule has 25 heavy (non-hydrogen) atoms. The van der Waals surface area contributed by atoms with Gasteiger partial charge in [-0.2, -0.15) is 0 Å². The van der Waals surface area contributed by atoms with Crippen LogP contribution in [-0.2, 0) is 9.53 Å². The van der Waals surface area contributed by atoms with Crippen LogP contribution in [0.4, 0.5) is 14.9 Å². The summed E-state index contributed by atoms with van der Waals surface area (Å²) in [6.45, 7) is 1.82. The summed E-state index contributed by atoms with van der Waals surface area (Å²) in [6, 6.07) is 7.77. The number of carbonyl (C=O) groups excluding carboxylic acids is 3. The Bertz CT molecular complexity index is 836. The molecule has 0 spiro atoms. The van der Waals surface area contributed by atoms with Crippen molar-refractivity contribution >= 4 is 35.3 Å². The van der Waals surface area contributed by atoms with E-state index in [0.29, 0.717) is 21.0 Å².